The molecular formula is C28H35FN4O5. The Morgan fingerprint density at radius 3 is 2.63 bits per heavy atom. The van der Waals surface area contributed by atoms with Crippen LogP contribution in [-0.2, 0) is 9.59 Å². The fraction of sp³-hybridized carbons (Fsp3) is 0.464. The molecule has 204 valence electrons. The van der Waals surface area contributed by atoms with Crippen LogP contribution in [0.1, 0.15) is 71.4 Å². The number of H-pyrrole nitrogens is 1. The van der Waals surface area contributed by atoms with Gasteiger partial charge in [-0.15, -0.1) is 0 Å². The maximum absolute atomic E-state index is 13.8. The number of amides is 3. The van der Waals surface area contributed by atoms with Crippen molar-refractivity contribution in [3.8, 4) is 0 Å². The number of likely N-dealkylation sites (tertiary alicyclic amines) is 1. The van der Waals surface area contributed by atoms with Gasteiger partial charge in [-0.25, -0.2) is 4.39 Å². The maximum atomic E-state index is 13.8. The van der Waals surface area contributed by atoms with E-state index in [1.165, 1.54) is 18.2 Å². The number of aliphatic hydroxyl groups excluding tert-OH is 2. The number of benzene rings is 1. The molecule has 0 unspecified atom stereocenters. The fourth-order valence-electron chi connectivity index (χ4n) is 5.14. The minimum absolute atomic E-state index is 0.0153. The van der Waals surface area contributed by atoms with E-state index < -0.39 is 18.0 Å². The van der Waals surface area contributed by atoms with Crippen LogP contribution >= 0.6 is 0 Å². The molecule has 10 heteroatoms. The summed E-state index contributed by atoms with van der Waals surface area (Å²) in [6, 6.07) is 4.08. The van der Waals surface area contributed by atoms with Gasteiger partial charge in [0.15, 0.2) is 0 Å². The summed E-state index contributed by atoms with van der Waals surface area (Å²) in [5.41, 5.74) is 3.53. The quantitative estimate of drug-likeness (QED) is 0.320. The molecule has 38 heavy (non-hydrogen) atoms. The van der Waals surface area contributed by atoms with Gasteiger partial charge in [0, 0.05) is 42.3 Å². The van der Waals surface area contributed by atoms with Crippen LogP contribution in [0, 0.1) is 19.7 Å². The normalized spacial score (nSPS) is 17.8. The number of aliphatic hydroxyl groups is 2. The molecule has 5 N–H and O–H groups in total. The number of carbonyl (C=O) groups is 3. The van der Waals surface area contributed by atoms with E-state index in [1.54, 1.807) is 24.8 Å². The highest BCUT2D eigenvalue weighted by molar-refractivity contribution is 6.34. The summed E-state index contributed by atoms with van der Waals surface area (Å²) >= 11 is 0. The highest BCUT2D eigenvalue weighted by Gasteiger charge is 2.26. The third kappa shape index (κ3) is 6.31. The Morgan fingerprint density at radius 1 is 1.16 bits per heavy atom. The molecule has 0 aliphatic carbocycles. The Labute approximate surface area is 221 Å². The topological polar surface area (TPSA) is 135 Å². The molecular weight excluding hydrogens is 491 g/mol. The predicted molar refractivity (Wildman–Crippen MR) is 142 cm³/mol. The van der Waals surface area contributed by atoms with E-state index >= 15 is 0 Å². The van der Waals surface area contributed by atoms with Crippen LogP contribution in [0.4, 0.5) is 10.1 Å². The van der Waals surface area contributed by atoms with Gasteiger partial charge in [-0.1, -0.05) is 0 Å². The van der Waals surface area contributed by atoms with Crippen molar-refractivity contribution < 1.29 is 29.0 Å². The summed E-state index contributed by atoms with van der Waals surface area (Å²) in [4.78, 5) is 42.5. The van der Waals surface area contributed by atoms with E-state index in [9.17, 15) is 29.0 Å². The molecule has 1 aromatic heterocycles. The molecule has 1 aromatic carbocycles. The first kappa shape index (κ1) is 27.5. The van der Waals surface area contributed by atoms with Crippen molar-refractivity contribution in [1.82, 2.24) is 15.2 Å². The Morgan fingerprint density at radius 2 is 1.89 bits per heavy atom. The van der Waals surface area contributed by atoms with E-state index in [0.717, 1.165) is 32.4 Å². The van der Waals surface area contributed by atoms with Crippen molar-refractivity contribution in [2.24, 2.45) is 0 Å². The van der Waals surface area contributed by atoms with Crippen LogP contribution in [0.3, 0.4) is 0 Å². The zero-order valence-corrected chi connectivity index (χ0v) is 21.8. The van der Waals surface area contributed by atoms with Crippen LogP contribution in [0.2, 0.25) is 0 Å². The molecule has 3 amide bonds. The average molecular weight is 527 g/mol. The number of carbonyl (C=O) groups excluding carboxylic acids is 3. The van der Waals surface area contributed by atoms with Crippen LogP contribution in [0.5, 0.6) is 0 Å². The summed E-state index contributed by atoms with van der Waals surface area (Å²) < 4.78 is 13.8. The second-order valence-electron chi connectivity index (χ2n) is 10.1. The number of fused-ring (bicyclic) bond motifs is 1. The number of hydrogen-bond donors (Lipinski definition) is 5. The molecule has 2 aliphatic heterocycles. The third-order valence-corrected chi connectivity index (χ3v) is 7.18. The smallest absolute Gasteiger partial charge is 0.256 e. The second-order valence-corrected chi connectivity index (χ2v) is 10.1. The first-order valence-electron chi connectivity index (χ1n) is 13.1. The molecule has 9 nitrogen and oxygen atoms in total. The van der Waals surface area contributed by atoms with Gasteiger partial charge in [-0.2, -0.15) is 0 Å². The number of hydrogen-bond acceptors (Lipinski definition) is 5. The molecule has 1 fully saturated rings. The van der Waals surface area contributed by atoms with Crippen molar-refractivity contribution in [2.75, 3.05) is 25.0 Å². The molecule has 2 aliphatic rings. The highest BCUT2D eigenvalue weighted by Crippen LogP contribution is 2.34. The van der Waals surface area contributed by atoms with Gasteiger partial charge in [0.25, 0.3) is 11.8 Å². The van der Waals surface area contributed by atoms with Gasteiger partial charge >= 0.3 is 0 Å². The highest BCUT2D eigenvalue weighted by atomic mass is 19.1. The van der Waals surface area contributed by atoms with Gasteiger partial charge < -0.3 is 30.7 Å². The lowest BCUT2D eigenvalue weighted by atomic mass is 10.0. The lowest BCUT2D eigenvalue weighted by Crippen LogP contribution is -2.38. The number of nitrogens with zero attached hydrogens (tertiary/aromatic N) is 1. The summed E-state index contributed by atoms with van der Waals surface area (Å²) in [6.07, 6.45) is 3.14. The molecule has 2 atom stereocenters. The summed E-state index contributed by atoms with van der Waals surface area (Å²) in [5.74, 6) is -1.23. The monoisotopic (exact) mass is 526 g/mol. The zero-order chi connectivity index (χ0) is 27.4. The molecule has 3 heterocycles. The number of rotatable bonds is 9. The van der Waals surface area contributed by atoms with E-state index in [1.807, 2.05) is 0 Å². The van der Waals surface area contributed by atoms with Gasteiger partial charge in [0.2, 0.25) is 5.91 Å². The molecule has 0 spiro atoms. The standard InChI is InChI=1S/C28H35FN4O5/c1-16-24(15-22-21-12-18(29)6-7-23(21)32-27(22)37)31-17(2)26(16)28(38)30-9-8-19(34)13-20(35)14-25(36)33-10-4-3-5-11-33/h6-7,12,15,19-20,31,34-35H,3-5,8-11,13-14H2,1-2H3,(H,30,38)(H,32,37)/t19-,20-/m1/s1. The number of anilines is 1. The second kappa shape index (κ2) is 11.9. The summed E-state index contributed by atoms with van der Waals surface area (Å²) in [7, 11) is 0. The van der Waals surface area contributed by atoms with Crippen LogP contribution in [-0.4, -0.2) is 69.7 Å². The third-order valence-electron chi connectivity index (χ3n) is 7.18. The fourth-order valence-corrected chi connectivity index (χ4v) is 5.14. The van der Waals surface area contributed by atoms with Gasteiger partial charge in [-0.05, 0) is 75.8 Å². The Balaban J connectivity index is 1.31. The minimum atomic E-state index is -0.939. The number of aromatic nitrogens is 1. The minimum Gasteiger partial charge on any atom is -0.393 e. The van der Waals surface area contributed by atoms with Gasteiger partial charge in [0.1, 0.15) is 5.82 Å². The molecule has 0 radical (unpaired) electrons. The number of aromatic amines is 1. The van der Waals surface area contributed by atoms with Crippen molar-refractivity contribution >= 4 is 35.1 Å². The van der Waals surface area contributed by atoms with Crippen molar-refractivity contribution in [1.29, 1.82) is 0 Å². The predicted octanol–water partition coefficient (Wildman–Crippen LogP) is 2.90. The lowest BCUT2D eigenvalue weighted by molar-refractivity contribution is -0.134. The lowest BCUT2D eigenvalue weighted by Gasteiger charge is -2.27. The van der Waals surface area contributed by atoms with Gasteiger partial charge in [-0.3, -0.25) is 14.4 Å². The number of nitrogens with one attached hydrogen (secondary N) is 3. The van der Waals surface area contributed by atoms with E-state index in [0.29, 0.717) is 39.3 Å². The largest absolute Gasteiger partial charge is 0.393 e. The van der Waals surface area contributed by atoms with E-state index in [4.69, 9.17) is 0 Å². The summed E-state index contributed by atoms with van der Waals surface area (Å²) in [6.45, 7) is 5.12. The van der Waals surface area contributed by atoms with E-state index in [2.05, 4.69) is 15.6 Å². The van der Waals surface area contributed by atoms with Crippen molar-refractivity contribution in [2.45, 2.75) is 64.6 Å². The molecule has 0 bridgehead atoms. The number of piperidine rings is 1. The Hall–Kier alpha value is -3.50. The van der Waals surface area contributed by atoms with Gasteiger partial charge in [0.05, 0.1) is 29.8 Å². The van der Waals surface area contributed by atoms with Crippen LogP contribution in [0.15, 0.2) is 18.2 Å². The Bertz CT molecular complexity index is 1250. The zero-order valence-electron chi connectivity index (χ0n) is 21.8. The number of halogens is 1. The van der Waals surface area contributed by atoms with Crippen molar-refractivity contribution in [3.05, 3.63) is 52.1 Å². The molecule has 1 saturated heterocycles. The Kier molecular flexibility index (Phi) is 8.63. The molecule has 4 rings (SSSR count). The number of aryl methyl sites for hydroxylation is 1. The first-order valence-corrected chi connectivity index (χ1v) is 13.1. The van der Waals surface area contributed by atoms with E-state index in [-0.39, 0.29) is 43.5 Å². The van der Waals surface area contributed by atoms with Crippen LogP contribution < -0.4 is 10.6 Å². The molecule has 0 saturated carbocycles. The first-order chi connectivity index (χ1) is 18.1. The van der Waals surface area contributed by atoms with Crippen molar-refractivity contribution in [3.63, 3.8) is 0 Å². The summed E-state index contributed by atoms with van der Waals surface area (Å²) in [5, 5.41) is 26.0. The maximum Gasteiger partial charge on any atom is 0.256 e. The average Bonchev–Trinajstić information content (AvgIpc) is 3.33. The SMILES string of the molecule is Cc1[nH]c(C=C2C(=O)Nc3ccc(F)cc32)c(C)c1C(=O)NCC[C@@H](O)C[C@@H](O)CC(=O)N1CCCCC1. The molecule has 2 aromatic rings. The van der Waals surface area contributed by atoms with Crippen LogP contribution in [0.25, 0.3) is 11.6 Å².